The number of benzene rings is 1. The number of carboxylic acid groups (broad SMARTS) is 1. The highest BCUT2D eigenvalue weighted by molar-refractivity contribution is 5.72. The Hall–Kier alpha value is -2.04. The van der Waals surface area contributed by atoms with Gasteiger partial charge in [0.05, 0.1) is 5.92 Å². The fourth-order valence-electron chi connectivity index (χ4n) is 2.47. The van der Waals surface area contributed by atoms with Crippen LogP contribution in [0.2, 0.25) is 0 Å². The molecule has 5 heteroatoms. The molecule has 0 saturated carbocycles. The standard InChI is InChI=1S/C15H19NO4/c1-11-9-13(14(17)18)7-8-16(11)15(19)20-10-12-5-3-2-4-6-12/h2-6,11,13H,7-10H2,1H3,(H,17,18)/t11-,13-/m1/s1. The summed E-state index contributed by atoms with van der Waals surface area (Å²) in [6.45, 7) is 2.54. The van der Waals surface area contributed by atoms with Crippen molar-refractivity contribution >= 4 is 12.1 Å². The lowest BCUT2D eigenvalue weighted by Crippen LogP contribution is -2.46. The SMILES string of the molecule is C[C@@H]1C[C@H](C(=O)O)CCN1C(=O)OCc1ccccc1. The highest BCUT2D eigenvalue weighted by Crippen LogP contribution is 2.23. The minimum absolute atomic E-state index is 0.104. The second-order valence-electron chi connectivity index (χ2n) is 5.14. The fraction of sp³-hybridized carbons (Fsp3) is 0.467. The number of piperidine rings is 1. The van der Waals surface area contributed by atoms with Crippen molar-refractivity contribution in [3.63, 3.8) is 0 Å². The Morgan fingerprint density at radius 1 is 1.35 bits per heavy atom. The third-order valence-corrected chi connectivity index (χ3v) is 3.67. The zero-order valence-corrected chi connectivity index (χ0v) is 11.5. The van der Waals surface area contributed by atoms with E-state index in [0.717, 1.165) is 5.56 Å². The molecule has 0 radical (unpaired) electrons. The van der Waals surface area contributed by atoms with Gasteiger partial charge in [0, 0.05) is 12.6 Å². The Labute approximate surface area is 118 Å². The Balaban J connectivity index is 1.85. The fourth-order valence-corrected chi connectivity index (χ4v) is 2.47. The van der Waals surface area contributed by atoms with E-state index in [-0.39, 0.29) is 24.7 Å². The van der Waals surface area contributed by atoms with Crippen molar-refractivity contribution in [1.29, 1.82) is 0 Å². The molecule has 108 valence electrons. The summed E-state index contributed by atoms with van der Waals surface area (Å²) in [5.41, 5.74) is 0.939. The summed E-state index contributed by atoms with van der Waals surface area (Å²) in [5, 5.41) is 9.00. The summed E-state index contributed by atoms with van der Waals surface area (Å²) >= 11 is 0. The van der Waals surface area contributed by atoms with Gasteiger partial charge in [0.25, 0.3) is 0 Å². The van der Waals surface area contributed by atoms with Crippen LogP contribution < -0.4 is 0 Å². The van der Waals surface area contributed by atoms with Crippen molar-refractivity contribution in [2.75, 3.05) is 6.54 Å². The Bertz CT molecular complexity index is 474. The molecule has 1 heterocycles. The average Bonchev–Trinajstić information content (AvgIpc) is 2.45. The van der Waals surface area contributed by atoms with Crippen LogP contribution in [-0.4, -0.2) is 34.7 Å². The Morgan fingerprint density at radius 3 is 2.65 bits per heavy atom. The van der Waals surface area contributed by atoms with E-state index < -0.39 is 5.97 Å². The lowest BCUT2D eigenvalue weighted by Gasteiger charge is -2.35. The van der Waals surface area contributed by atoms with Gasteiger partial charge in [0.15, 0.2) is 0 Å². The zero-order chi connectivity index (χ0) is 14.5. The lowest BCUT2D eigenvalue weighted by molar-refractivity contribution is -0.143. The molecular weight excluding hydrogens is 258 g/mol. The van der Waals surface area contributed by atoms with Crippen LogP contribution in [0, 0.1) is 5.92 Å². The number of amides is 1. The molecule has 0 unspecified atom stereocenters. The van der Waals surface area contributed by atoms with Crippen molar-refractivity contribution in [2.45, 2.75) is 32.4 Å². The van der Waals surface area contributed by atoms with Crippen molar-refractivity contribution in [1.82, 2.24) is 4.90 Å². The van der Waals surface area contributed by atoms with Gasteiger partial charge in [0.2, 0.25) is 0 Å². The molecule has 1 saturated heterocycles. The molecule has 1 amide bonds. The number of hydrogen-bond donors (Lipinski definition) is 1. The van der Waals surface area contributed by atoms with E-state index in [1.165, 1.54) is 0 Å². The first kappa shape index (κ1) is 14.4. The summed E-state index contributed by atoms with van der Waals surface area (Å²) in [5.74, 6) is -1.14. The maximum atomic E-state index is 12.0. The maximum absolute atomic E-state index is 12.0. The summed E-state index contributed by atoms with van der Waals surface area (Å²) < 4.78 is 5.27. The third-order valence-electron chi connectivity index (χ3n) is 3.67. The maximum Gasteiger partial charge on any atom is 0.410 e. The van der Waals surface area contributed by atoms with Crippen molar-refractivity contribution < 1.29 is 19.4 Å². The highest BCUT2D eigenvalue weighted by atomic mass is 16.6. The number of carboxylic acids is 1. The second kappa shape index (κ2) is 6.41. The molecule has 2 rings (SSSR count). The van der Waals surface area contributed by atoms with E-state index in [4.69, 9.17) is 9.84 Å². The molecule has 1 fully saturated rings. The topological polar surface area (TPSA) is 66.8 Å². The van der Waals surface area contributed by atoms with E-state index in [0.29, 0.717) is 19.4 Å². The average molecular weight is 277 g/mol. The van der Waals surface area contributed by atoms with Crippen LogP contribution in [0.5, 0.6) is 0 Å². The molecule has 20 heavy (non-hydrogen) atoms. The third kappa shape index (κ3) is 3.50. The van der Waals surface area contributed by atoms with Gasteiger partial charge in [-0.3, -0.25) is 4.79 Å². The number of rotatable bonds is 3. The van der Waals surface area contributed by atoms with Gasteiger partial charge in [0.1, 0.15) is 6.61 Å². The minimum atomic E-state index is -0.783. The zero-order valence-electron chi connectivity index (χ0n) is 11.5. The van der Waals surface area contributed by atoms with E-state index in [1.54, 1.807) is 4.90 Å². The Morgan fingerprint density at radius 2 is 2.05 bits per heavy atom. The molecule has 0 bridgehead atoms. The molecule has 0 aliphatic carbocycles. The number of ether oxygens (including phenoxy) is 1. The summed E-state index contributed by atoms with van der Waals surface area (Å²) in [6, 6.07) is 9.38. The summed E-state index contributed by atoms with van der Waals surface area (Å²) in [6.07, 6.45) is 0.598. The van der Waals surface area contributed by atoms with Crippen LogP contribution in [0.3, 0.4) is 0 Å². The smallest absolute Gasteiger partial charge is 0.410 e. The first-order valence-electron chi connectivity index (χ1n) is 6.78. The van der Waals surface area contributed by atoms with Crippen LogP contribution in [0.4, 0.5) is 4.79 Å². The monoisotopic (exact) mass is 277 g/mol. The number of likely N-dealkylation sites (tertiary alicyclic amines) is 1. The van der Waals surface area contributed by atoms with E-state index in [9.17, 15) is 9.59 Å². The molecule has 0 spiro atoms. The predicted molar refractivity (Wildman–Crippen MR) is 73.2 cm³/mol. The normalized spacial score (nSPS) is 22.4. The molecule has 1 aromatic rings. The van der Waals surface area contributed by atoms with Crippen LogP contribution in [0.25, 0.3) is 0 Å². The molecule has 1 N–H and O–H groups in total. The minimum Gasteiger partial charge on any atom is -0.481 e. The number of carbonyl (C=O) groups excluding carboxylic acids is 1. The van der Waals surface area contributed by atoms with Gasteiger partial charge in [-0.15, -0.1) is 0 Å². The van der Waals surface area contributed by atoms with Gasteiger partial charge in [-0.25, -0.2) is 4.79 Å². The van der Waals surface area contributed by atoms with Gasteiger partial charge < -0.3 is 14.7 Å². The van der Waals surface area contributed by atoms with Crippen LogP contribution in [0.15, 0.2) is 30.3 Å². The largest absolute Gasteiger partial charge is 0.481 e. The lowest BCUT2D eigenvalue weighted by atomic mass is 9.92. The summed E-state index contributed by atoms with van der Waals surface area (Å²) in [4.78, 5) is 24.6. The van der Waals surface area contributed by atoms with E-state index >= 15 is 0 Å². The highest BCUT2D eigenvalue weighted by Gasteiger charge is 2.32. The molecule has 1 aromatic carbocycles. The molecule has 2 atom stereocenters. The van der Waals surface area contributed by atoms with Crippen molar-refractivity contribution in [3.8, 4) is 0 Å². The first-order chi connectivity index (χ1) is 9.58. The van der Waals surface area contributed by atoms with Gasteiger partial charge in [-0.05, 0) is 25.3 Å². The number of hydrogen-bond acceptors (Lipinski definition) is 3. The number of carbonyl (C=O) groups is 2. The second-order valence-corrected chi connectivity index (χ2v) is 5.14. The molecule has 0 aromatic heterocycles. The van der Waals surface area contributed by atoms with Crippen LogP contribution in [-0.2, 0) is 16.1 Å². The summed E-state index contributed by atoms with van der Waals surface area (Å²) in [7, 11) is 0. The molecule has 1 aliphatic rings. The quantitative estimate of drug-likeness (QED) is 0.921. The molecule has 5 nitrogen and oxygen atoms in total. The first-order valence-corrected chi connectivity index (χ1v) is 6.78. The number of aliphatic carboxylic acids is 1. The van der Waals surface area contributed by atoms with Crippen LogP contribution in [0.1, 0.15) is 25.3 Å². The van der Waals surface area contributed by atoms with Gasteiger partial charge in [-0.2, -0.15) is 0 Å². The number of nitrogens with zero attached hydrogens (tertiary/aromatic N) is 1. The Kier molecular flexibility index (Phi) is 4.61. The van der Waals surface area contributed by atoms with Gasteiger partial charge >= 0.3 is 12.1 Å². The van der Waals surface area contributed by atoms with E-state index in [2.05, 4.69) is 0 Å². The molecular formula is C15H19NO4. The van der Waals surface area contributed by atoms with Crippen molar-refractivity contribution in [2.24, 2.45) is 5.92 Å². The van der Waals surface area contributed by atoms with Crippen LogP contribution >= 0.6 is 0 Å². The van der Waals surface area contributed by atoms with Crippen molar-refractivity contribution in [3.05, 3.63) is 35.9 Å². The predicted octanol–water partition coefficient (Wildman–Crippen LogP) is 2.51. The molecule has 1 aliphatic heterocycles. The van der Waals surface area contributed by atoms with E-state index in [1.807, 2.05) is 37.3 Å². The van der Waals surface area contributed by atoms with Gasteiger partial charge in [-0.1, -0.05) is 30.3 Å².